The van der Waals surface area contributed by atoms with Crippen LogP contribution in [0.2, 0.25) is 10.0 Å². The van der Waals surface area contributed by atoms with E-state index in [2.05, 4.69) is 48.5 Å². The van der Waals surface area contributed by atoms with Crippen LogP contribution in [0.25, 0.3) is 5.69 Å². The third-order valence-corrected chi connectivity index (χ3v) is 4.31. The van der Waals surface area contributed by atoms with Crippen LogP contribution in [-0.2, 0) is 5.41 Å². The quantitative estimate of drug-likeness (QED) is 0.696. The highest BCUT2D eigenvalue weighted by atomic mass is 127. The second kappa shape index (κ2) is 5.14. The minimum absolute atomic E-state index is 0.0746. The zero-order valence-corrected chi connectivity index (χ0v) is 14.5. The zero-order chi connectivity index (χ0) is 14.4. The standard InChI is InChI=1S/C13H14Cl2IN3/c1-13(2,3)11-10(16)12(17)19(18-11)9-5-4-7(14)6-8(9)15/h4-6H,17H2,1-3H3. The summed E-state index contributed by atoms with van der Waals surface area (Å²) >= 11 is 14.3. The number of anilines is 1. The summed E-state index contributed by atoms with van der Waals surface area (Å²) in [5.74, 6) is 0.592. The van der Waals surface area contributed by atoms with E-state index >= 15 is 0 Å². The van der Waals surface area contributed by atoms with Gasteiger partial charge in [0.05, 0.1) is 20.0 Å². The van der Waals surface area contributed by atoms with Gasteiger partial charge < -0.3 is 5.73 Å². The molecule has 0 aliphatic rings. The fourth-order valence-corrected chi connectivity index (χ4v) is 3.36. The molecule has 1 aromatic heterocycles. The van der Waals surface area contributed by atoms with E-state index in [1.54, 1.807) is 16.8 Å². The van der Waals surface area contributed by atoms with Gasteiger partial charge in [0, 0.05) is 10.4 Å². The molecule has 0 radical (unpaired) electrons. The molecule has 0 aliphatic carbocycles. The predicted molar refractivity (Wildman–Crippen MR) is 89.4 cm³/mol. The average Bonchev–Trinajstić information content (AvgIpc) is 2.56. The molecule has 2 rings (SSSR count). The molecule has 0 saturated heterocycles. The average molecular weight is 410 g/mol. The molecule has 0 fully saturated rings. The Kier molecular flexibility index (Phi) is 4.05. The summed E-state index contributed by atoms with van der Waals surface area (Å²) in [5.41, 5.74) is 7.75. The summed E-state index contributed by atoms with van der Waals surface area (Å²) in [6, 6.07) is 5.27. The van der Waals surface area contributed by atoms with Crippen LogP contribution in [0.15, 0.2) is 18.2 Å². The number of nitrogen functional groups attached to an aromatic ring is 1. The Hall–Kier alpha value is -0.460. The van der Waals surface area contributed by atoms with Gasteiger partial charge in [0.1, 0.15) is 5.82 Å². The van der Waals surface area contributed by atoms with Crippen LogP contribution in [0.4, 0.5) is 5.82 Å². The van der Waals surface area contributed by atoms with Crippen molar-refractivity contribution in [2.45, 2.75) is 26.2 Å². The number of rotatable bonds is 1. The molecule has 1 aromatic carbocycles. The fourth-order valence-electron chi connectivity index (χ4n) is 1.73. The van der Waals surface area contributed by atoms with E-state index in [-0.39, 0.29) is 5.41 Å². The maximum atomic E-state index is 6.21. The summed E-state index contributed by atoms with van der Waals surface area (Å²) in [7, 11) is 0. The molecule has 2 N–H and O–H groups in total. The topological polar surface area (TPSA) is 43.8 Å². The molecule has 0 aliphatic heterocycles. The first-order chi connectivity index (χ1) is 8.71. The monoisotopic (exact) mass is 409 g/mol. The van der Waals surface area contributed by atoms with E-state index < -0.39 is 0 Å². The van der Waals surface area contributed by atoms with Gasteiger partial charge in [-0.05, 0) is 40.8 Å². The number of nitrogens with two attached hydrogens (primary N) is 1. The summed E-state index contributed by atoms with van der Waals surface area (Å²) in [5, 5.41) is 5.71. The lowest BCUT2D eigenvalue weighted by Gasteiger charge is -2.15. The van der Waals surface area contributed by atoms with Crippen LogP contribution in [0.3, 0.4) is 0 Å². The van der Waals surface area contributed by atoms with Gasteiger partial charge in [-0.1, -0.05) is 44.0 Å². The largest absolute Gasteiger partial charge is 0.383 e. The molecule has 1 heterocycles. The van der Waals surface area contributed by atoms with E-state index in [0.717, 1.165) is 15.0 Å². The Labute approximate surface area is 136 Å². The lowest BCUT2D eigenvalue weighted by Crippen LogP contribution is -2.14. The fraction of sp³-hybridized carbons (Fsp3) is 0.308. The molecule has 0 atom stereocenters. The van der Waals surface area contributed by atoms with Crippen molar-refractivity contribution in [3.63, 3.8) is 0 Å². The van der Waals surface area contributed by atoms with E-state index in [4.69, 9.17) is 28.9 Å². The third kappa shape index (κ3) is 2.85. The van der Waals surface area contributed by atoms with Crippen molar-refractivity contribution in [1.82, 2.24) is 9.78 Å². The molecule has 102 valence electrons. The lowest BCUT2D eigenvalue weighted by atomic mass is 9.92. The summed E-state index contributed by atoms with van der Waals surface area (Å²) in [6.07, 6.45) is 0. The Morgan fingerprint density at radius 2 is 1.89 bits per heavy atom. The smallest absolute Gasteiger partial charge is 0.141 e. The molecule has 0 spiro atoms. The zero-order valence-electron chi connectivity index (χ0n) is 10.8. The van der Waals surface area contributed by atoms with Crippen LogP contribution >= 0.6 is 45.8 Å². The van der Waals surface area contributed by atoms with Gasteiger partial charge in [0.2, 0.25) is 0 Å². The second-order valence-corrected chi connectivity index (χ2v) is 7.23. The molecular weight excluding hydrogens is 396 g/mol. The van der Waals surface area contributed by atoms with Gasteiger partial charge in [-0.25, -0.2) is 4.68 Å². The van der Waals surface area contributed by atoms with Gasteiger partial charge in [-0.2, -0.15) is 5.10 Å². The Bertz CT molecular complexity index is 630. The second-order valence-electron chi connectivity index (χ2n) is 5.31. The van der Waals surface area contributed by atoms with Gasteiger partial charge in [0.25, 0.3) is 0 Å². The number of hydrogen-bond acceptors (Lipinski definition) is 2. The van der Waals surface area contributed by atoms with Crippen molar-refractivity contribution in [3.05, 3.63) is 37.5 Å². The van der Waals surface area contributed by atoms with E-state index in [9.17, 15) is 0 Å². The molecule has 0 saturated carbocycles. The maximum absolute atomic E-state index is 6.21. The van der Waals surface area contributed by atoms with E-state index in [1.165, 1.54) is 0 Å². The van der Waals surface area contributed by atoms with Crippen molar-refractivity contribution in [3.8, 4) is 5.69 Å². The first-order valence-corrected chi connectivity index (χ1v) is 7.55. The van der Waals surface area contributed by atoms with Crippen LogP contribution in [0.1, 0.15) is 26.5 Å². The Morgan fingerprint density at radius 1 is 1.26 bits per heavy atom. The van der Waals surface area contributed by atoms with Gasteiger partial charge in [-0.3, -0.25) is 0 Å². The third-order valence-electron chi connectivity index (χ3n) is 2.71. The minimum atomic E-state index is -0.0746. The molecule has 19 heavy (non-hydrogen) atoms. The van der Waals surface area contributed by atoms with Crippen LogP contribution in [0.5, 0.6) is 0 Å². The Morgan fingerprint density at radius 3 is 2.37 bits per heavy atom. The predicted octanol–water partition coefficient (Wildman–Crippen LogP) is 4.66. The molecule has 0 amide bonds. The molecule has 3 nitrogen and oxygen atoms in total. The highest BCUT2D eigenvalue weighted by Crippen LogP contribution is 2.33. The van der Waals surface area contributed by atoms with Crippen molar-refractivity contribution >= 4 is 51.6 Å². The maximum Gasteiger partial charge on any atom is 0.141 e. The minimum Gasteiger partial charge on any atom is -0.383 e. The highest BCUT2D eigenvalue weighted by molar-refractivity contribution is 14.1. The normalized spacial score (nSPS) is 11.9. The molecule has 0 bridgehead atoms. The van der Waals surface area contributed by atoms with Crippen molar-refractivity contribution in [2.24, 2.45) is 0 Å². The first-order valence-electron chi connectivity index (χ1n) is 5.71. The summed E-state index contributed by atoms with van der Waals surface area (Å²) in [4.78, 5) is 0. The summed E-state index contributed by atoms with van der Waals surface area (Å²) in [6.45, 7) is 6.31. The van der Waals surface area contributed by atoms with Crippen LogP contribution in [0, 0.1) is 3.57 Å². The van der Waals surface area contributed by atoms with Crippen molar-refractivity contribution < 1.29 is 0 Å². The number of nitrogens with zero attached hydrogens (tertiary/aromatic N) is 2. The number of halogens is 3. The summed E-state index contributed by atoms with van der Waals surface area (Å²) < 4.78 is 2.62. The highest BCUT2D eigenvalue weighted by Gasteiger charge is 2.25. The molecular formula is C13H14Cl2IN3. The molecule has 6 heteroatoms. The molecule has 2 aromatic rings. The Balaban J connectivity index is 2.64. The SMILES string of the molecule is CC(C)(C)c1nn(-c2ccc(Cl)cc2Cl)c(N)c1I. The van der Waals surface area contributed by atoms with Crippen molar-refractivity contribution in [1.29, 1.82) is 0 Å². The number of hydrogen-bond donors (Lipinski definition) is 1. The first kappa shape index (κ1) is 14.9. The van der Waals surface area contributed by atoms with E-state index in [1.807, 2.05) is 6.07 Å². The van der Waals surface area contributed by atoms with Crippen LogP contribution < -0.4 is 5.73 Å². The van der Waals surface area contributed by atoms with Gasteiger partial charge >= 0.3 is 0 Å². The van der Waals surface area contributed by atoms with Crippen LogP contribution in [-0.4, -0.2) is 9.78 Å². The number of aromatic nitrogens is 2. The van der Waals surface area contributed by atoms with Gasteiger partial charge in [0.15, 0.2) is 0 Å². The molecule has 0 unspecified atom stereocenters. The van der Waals surface area contributed by atoms with Crippen molar-refractivity contribution in [2.75, 3.05) is 5.73 Å². The van der Waals surface area contributed by atoms with Gasteiger partial charge in [-0.15, -0.1) is 0 Å². The van der Waals surface area contributed by atoms with E-state index in [0.29, 0.717) is 15.9 Å². The number of benzene rings is 1. The lowest BCUT2D eigenvalue weighted by molar-refractivity contribution is 0.557.